The second kappa shape index (κ2) is 11.9. The topological polar surface area (TPSA) is 146 Å². The van der Waals surface area contributed by atoms with Crippen LogP contribution in [0.1, 0.15) is 47.2 Å². The van der Waals surface area contributed by atoms with Crippen molar-refractivity contribution in [2.75, 3.05) is 16.7 Å². The van der Waals surface area contributed by atoms with Gasteiger partial charge in [0.1, 0.15) is 17.4 Å². The summed E-state index contributed by atoms with van der Waals surface area (Å²) in [5, 5.41) is 13.0. The zero-order valence-corrected chi connectivity index (χ0v) is 23.9. The van der Waals surface area contributed by atoms with Crippen LogP contribution in [0, 0.1) is 12.8 Å². The van der Waals surface area contributed by atoms with E-state index >= 15 is 0 Å². The Labute approximate surface area is 239 Å². The first kappa shape index (κ1) is 29.5. The molecule has 3 N–H and O–H groups in total. The largest absolute Gasteiger partial charge is 0.495 e. The lowest BCUT2D eigenvalue weighted by molar-refractivity contribution is -0.139. The lowest BCUT2D eigenvalue weighted by Crippen LogP contribution is -2.45. The lowest BCUT2D eigenvalue weighted by atomic mass is 10.0. The number of benzene rings is 3. The number of ether oxygens (including phenoxy) is 1. The molecule has 4 aromatic rings. The van der Waals surface area contributed by atoms with Crippen molar-refractivity contribution in [3.63, 3.8) is 0 Å². The SMILES string of the molecule is COc1c(C(C)=O)ccc2oc(C(=O)Nc3ccc(-c4ccc(N(C(C(=O)O)C(C)C)S(=O)O)cc4)cc3)c(C)c12. The van der Waals surface area contributed by atoms with Gasteiger partial charge in [-0.15, -0.1) is 0 Å². The van der Waals surface area contributed by atoms with Crippen LogP contribution in [-0.2, 0) is 16.1 Å². The van der Waals surface area contributed by atoms with Crippen molar-refractivity contribution in [1.82, 2.24) is 0 Å². The monoisotopic (exact) mass is 578 g/mol. The molecule has 2 atom stereocenters. The van der Waals surface area contributed by atoms with Gasteiger partial charge in [-0.25, -0.2) is 9.00 Å². The number of rotatable bonds is 10. The lowest BCUT2D eigenvalue weighted by Gasteiger charge is -2.29. The molecule has 1 amide bonds. The number of aliphatic carboxylic acids is 1. The molecule has 0 saturated carbocycles. The van der Waals surface area contributed by atoms with E-state index in [-0.39, 0.29) is 11.5 Å². The quantitative estimate of drug-likeness (QED) is 0.155. The molecule has 10 nitrogen and oxygen atoms in total. The summed E-state index contributed by atoms with van der Waals surface area (Å²) in [7, 11) is 1.46. The Bertz CT molecular complexity index is 1640. The molecule has 0 aliphatic heterocycles. The average Bonchev–Trinajstić information content (AvgIpc) is 3.27. The molecule has 0 spiro atoms. The number of amides is 1. The normalized spacial score (nSPS) is 12.7. The number of ketones is 1. The third-order valence-corrected chi connectivity index (χ3v) is 7.51. The summed E-state index contributed by atoms with van der Waals surface area (Å²) in [5.74, 6) is -1.76. The van der Waals surface area contributed by atoms with Gasteiger partial charge >= 0.3 is 5.97 Å². The third-order valence-electron chi connectivity index (χ3n) is 6.74. The van der Waals surface area contributed by atoms with Crippen molar-refractivity contribution in [2.45, 2.75) is 33.7 Å². The van der Waals surface area contributed by atoms with Crippen LogP contribution in [0.15, 0.2) is 65.1 Å². The minimum absolute atomic E-state index is 0.102. The first-order valence-electron chi connectivity index (χ1n) is 12.7. The van der Waals surface area contributed by atoms with Gasteiger partial charge in [-0.05, 0) is 67.3 Å². The van der Waals surface area contributed by atoms with E-state index in [9.17, 15) is 28.3 Å². The summed E-state index contributed by atoms with van der Waals surface area (Å²) in [4.78, 5) is 36.8. The number of carbonyl (C=O) groups is 3. The average molecular weight is 579 g/mol. The van der Waals surface area contributed by atoms with E-state index in [1.54, 1.807) is 81.4 Å². The summed E-state index contributed by atoms with van der Waals surface area (Å²) in [6.45, 7) is 6.51. The zero-order valence-electron chi connectivity index (χ0n) is 23.1. The molecule has 1 aromatic heterocycles. The second-order valence-corrected chi connectivity index (χ2v) is 10.6. The summed E-state index contributed by atoms with van der Waals surface area (Å²) >= 11 is -2.53. The number of anilines is 2. The molecule has 0 fully saturated rings. The predicted octanol–water partition coefficient (Wildman–Crippen LogP) is 5.92. The summed E-state index contributed by atoms with van der Waals surface area (Å²) in [6.07, 6.45) is 0. The Morgan fingerprint density at radius 2 is 1.56 bits per heavy atom. The van der Waals surface area contributed by atoms with E-state index in [0.717, 1.165) is 15.4 Å². The number of fused-ring (bicyclic) bond motifs is 1. The van der Waals surface area contributed by atoms with Gasteiger partial charge in [0.05, 0.1) is 23.7 Å². The summed E-state index contributed by atoms with van der Waals surface area (Å²) < 4.78 is 34.0. The van der Waals surface area contributed by atoms with Crippen molar-refractivity contribution in [3.05, 3.63) is 77.6 Å². The van der Waals surface area contributed by atoms with E-state index in [4.69, 9.17) is 9.15 Å². The Kier molecular flexibility index (Phi) is 8.60. The fraction of sp³-hybridized carbons (Fsp3) is 0.233. The summed E-state index contributed by atoms with van der Waals surface area (Å²) in [5.41, 5.74) is 3.80. The first-order chi connectivity index (χ1) is 19.4. The van der Waals surface area contributed by atoms with E-state index in [1.807, 2.05) is 0 Å². The number of aryl methyl sites for hydroxylation is 1. The third kappa shape index (κ3) is 5.86. The number of methoxy groups -OCH3 is 1. The highest BCUT2D eigenvalue weighted by Crippen LogP contribution is 2.36. The number of nitrogens with zero attached hydrogens (tertiary/aromatic N) is 1. The number of carboxylic acid groups (broad SMARTS) is 1. The maximum Gasteiger partial charge on any atom is 0.327 e. The Morgan fingerprint density at radius 1 is 0.976 bits per heavy atom. The number of furan rings is 1. The summed E-state index contributed by atoms with van der Waals surface area (Å²) in [6, 6.07) is 15.7. The number of nitrogens with one attached hydrogen (secondary N) is 1. The van der Waals surface area contributed by atoms with Crippen LogP contribution in [0.25, 0.3) is 22.1 Å². The number of Topliss-reactive ketones (excluding diaryl/α,β-unsaturated/α-hetero) is 1. The van der Waals surface area contributed by atoms with Crippen molar-refractivity contribution in [2.24, 2.45) is 5.92 Å². The Hall–Kier alpha value is -4.48. The van der Waals surface area contributed by atoms with Crippen LogP contribution < -0.4 is 14.4 Å². The van der Waals surface area contributed by atoms with Crippen molar-refractivity contribution in [1.29, 1.82) is 0 Å². The molecule has 214 valence electrons. The van der Waals surface area contributed by atoms with Gasteiger partial charge in [-0.1, -0.05) is 38.1 Å². The van der Waals surface area contributed by atoms with Crippen molar-refractivity contribution >= 4 is 51.3 Å². The molecule has 4 rings (SSSR count). The van der Waals surface area contributed by atoms with Crippen LogP contribution >= 0.6 is 0 Å². The molecule has 2 unspecified atom stereocenters. The van der Waals surface area contributed by atoms with E-state index < -0.39 is 35.1 Å². The molecule has 0 aliphatic rings. The predicted molar refractivity (Wildman–Crippen MR) is 157 cm³/mol. The van der Waals surface area contributed by atoms with Crippen LogP contribution in [-0.4, -0.2) is 44.7 Å². The number of hydrogen-bond acceptors (Lipinski definition) is 6. The van der Waals surface area contributed by atoms with Crippen molar-refractivity contribution in [3.8, 4) is 16.9 Å². The minimum atomic E-state index is -2.53. The Morgan fingerprint density at radius 3 is 2.05 bits per heavy atom. The highest BCUT2D eigenvalue weighted by molar-refractivity contribution is 7.80. The fourth-order valence-corrected chi connectivity index (χ4v) is 5.58. The zero-order chi connectivity index (χ0) is 30.0. The fourth-order valence-electron chi connectivity index (χ4n) is 4.75. The molecular weight excluding hydrogens is 548 g/mol. The van der Waals surface area contributed by atoms with E-state index in [1.165, 1.54) is 14.0 Å². The van der Waals surface area contributed by atoms with Crippen LogP contribution in [0.3, 0.4) is 0 Å². The highest BCUT2D eigenvalue weighted by atomic mass is 32.2. The molecule has 0 aliphatic carbocycles. The maximum atomic E-state index is 13.1. The maximum absolute atomic E-state index is 13.1. The van der Waals surface area contributed by atoms with Gasteiger partial charge in [0.2, 0.25) is 0 Å². The van der Waals surface area contributed by atoms with Gasteiger partial charge in [-0.2, -0.15) is 0 Å². The van der Waals surface area contributed by atoms with Gasteiger partial charge in [-0.3, -0.25) is 18.4 Å². The van der Waals surface area contributed by atoms with E-state index in [0.29, 0.717) is 39.2 Å². The molecule has 1 heterocycles. The van der Waals surface area contributed by atoms with Gasteiger partial charge in [0, 0.05) is 11.3 Å². The molecule has 0 bridgehead atoms. The van der Waals surface area contributed by atoms with Crippen molar-refractivity contribution < 1.29 is 37.4 Å². The highest BCUT2D eigenvalue weighted by Gasteiger charge is 2.32. The molecule has 41 heavy (non-hydrogen) atoms. The standard InChI is InChI=1S/C30H30N2O8S/c1-16(2)26(30(35)36)32(41(37)38)22-12-8-20(9-13-22)19-6-10-21(11-7-19)31-29(34)27-17(3)25-24(40-27)15-14-23(18(4)33)28(25)39-5/h6-16,26H,1-5H3,(H,31,34)(H,35,36)(H,37,38). The van der Waals surface area contributed by atoms with Crippen LogP contribution in [0.5, 0.6) is 5.75 Å². The van der Waals surface area contributed by atoms with E-state index in [2.05, 4.69) is 5.32 Å². The molecule has 3 aromatic carbocycles. The molecule has 0 saturated heterocycles. The number of hydrogen-bond donors (Lipinski definition) is 3. The second-order valence-electron chi connectivity index (χ2n) is 9.79. The smallest absolute Gasteiger partial charge is 0.327 e. The number of carboxylic acids is 1. The Balaban J connectivity index is 1.54. The van der Waals surface area contributed by atoms with Crippen LogP contribution in [0.2, 0.25) is 0 Å². The van der Waals surface area contributed by atoms with Gasteiger partial charge < -0.3 is 19.6 Å². The minimum Gasteiger partial charge on any atom is -0.495 e. The van der Waals surface area contributed by atoms with Gasteiger partial charge in [0.15, 0.2) is 11.5 Å². The van der Waals surface area contributed by atoms with Crippen LogP contribution in [0.4, 0.5) is 11.4 Å². The number of carbonyl (C=O) groups excluding carboxylic acids is 2. The molecular formula is C30H30N2O8S. The molecule has 11 heteroatoms. The molecule has 0 radical (unpaired) electrons. The first-order valence-corrected chi connectivity index (χ1v) is 13.8. The van der Waals surface area contributed by atoms with Gasteiger partial charge in [0.25, 0.3) is 17.2 Å².